The van der Waals surface area contributed by atoms with Gasteiger partial charge < -0.3 is 9.31 Å². The molecule has 5 heteroatoms. The second kappa shape index (κ2) is 4.09. The highest BCUT2D eigenvalue weighted by Crippen LogP contribution is 2.36. The molecular weight excluding hydrogens is 251 g/mol. The lowest BCUT2D eigenvalue weighted by molar-refractivity contribution is 0.00578. The average molecular weight is 272 g/mol. The Balaban J connectivity index is 2.05. The SMILES string of the molecule is Cc1cc2nn(C)cc2cc1B1OC(C)(C)C(C)(C)O1. The van der Waals surface area contributed by atoms with Crippen molar-refractivity contribution in [1.82, 2.24) is 9.78 Å². The maximum absolute atomic E-state index is 6.14. The number of nitrogens with zero attached hydrogens (tertiary/aromatic N) is 2. The molecule has 0 unspecified atom stereocenters. The number of benzene rings is 1. The Bertz CT molecular complexity index is 660. The Kier molecular flexibility index (Phi) is 2.79. The summed E-state index contributed by atoms with van der Waals surface area (Å²) in [6, 6.07) is 4.22. The maximum Gasteiger partial charge on any atom is 0.495 e. The fraction of sp³-hybridized carbons (Fsp3) is 0.533. The zero-order chi connectivity index (χ0) is 14.7. The summed E-state index contributed by atoms with van der Waals surface area (Å²) < 4.78 is 14.1. The van der Waals surface area contributed by atoms with Crippen LogP contribution in [0.4, 0.5) is 0 Å². The van der Waals surface area contributed by atoms with Crippen molar-refractivity contribution < 1.29 is 9.31 Å². The summed E-state index contributed by atoms with van der Waals surface area (Å²) in [5.74, 6) is 0. The lowest BCUT2D eigenvalue weighted by Crippen LogP contribution is -2.41. The van der Waals surface area contributed by atoms with E-state index >= 15 is 0 Å². The van der Waals surface area contributed by atoms with Crippen LogP contribution >= 0.6 is 0 Å². The number of rotatable bonds is 1. The van der Waals surface area contributed by atoms with E-state index in [1.807, 2.05) is 17.9 Å². The fourth-order valence-corrected chi connectivity index (χ4v) is 2.54. The predicted octanol–water partition coefficient (Wildman–Crippen LogP) is 2.18. The van der Waals surface area contributed by atoms with Crippen LogP contribution in [0.2, 0.25) is 0 Å². The number of aromatic nitrogens is 2. The van der Waals surface area contributed by atoms with E-state index in [4.69, 9.17) is 9.31 Å². The molecule has 0 bridgehead atoms. The minimum Gasteiger partial charge on any atom is -0.399 e. The van der Waals surface area contributed by atoms with Gasteiger partial charge in [-0.1, -0.05) is 6.07 Å². The van der Waals surface area contributed by atoms with E-state index in [-0.39, 0.29) is 18.3 Å². The first kappa shape index (κ1) is 13.6. The van der Waals surface area contributed by atoms with Crippen molar-refractivity contribution >= 4 is 23.5 Å². The van der Waals surface area contributed by atoms with E-state index in [2.05, 4.69) is 51.9 Å². The minimum absolute atomic E-state index is 0.312. The van der Waals surface area contributed by atoms with Gasteiger partial charge in [-0.3, -0.25) is 4.68 Å². The summed E-state index contributed by atoms with van der Waals surface area (Å²) in [5, 5.41) is 5.55. The van der Waals surface area contributed by atoms with E-state index in [1.54, 1.807) is 0 Å². The van der Waals surface area contributed by atoms with Gasteiger partial charge in [0, 0.05) is 18.6 Å². The van der Waals surface area contributed by atoms with Gasteiger partial charge in [0.05, 0.1) is 16.7 Å². The van der Waals surface area contributed by atoms with Crippen LogP contribution in [0.1, 0.15) is 33.3 Å². The molecule has 3 rings (SSSR count). The van der Waals surface area contributed by atoms with E-state index in [0.29, 0.717) is 0 Å². The molecule has 4 nitrogen and oxygen atoms in total. The summed E-state index contributed by atoms with van der Waals surface area (Å²) in [6.45, 7) is 10.4. The highest BCUT2D eigenvalue weighted by atomic mass is 16.7. The van der Waals surface area contributed by atoms with Crippen molar-refractivity contribution in [3.05, 3.63) is 23.9 Å². The van der Waals surface area contributed by atoms with E-state index in [0.717, 1.165) is 21.9 Å². The zero-order valence-electron chi connectivity index (χ0n) is 13.0. The lowest BCUT2D eigenvalue weighted by atomic mass is 9.76. The molecule has 0 saturated carbocycles. The summed E-state index contributed by atoms with van der Waals surface area (Å²) >= 11 is 0. The third kappa shape index (κ3) is 1.96. The van der Waals surface area contributed by atoms with Gasteiger partial charge in [0.15, 0.2) is 0 Å². The first-order chi connectivity index (χ1) is 9.19. The quantitative estimate of drug-likeness (QED) is 0.746. The van der Waals surface area contributed by atoms with Crippen molar-refractivity contribution in [2.75, 3.05) is 0 Å². The monoisotopic (exact) mass is 272 g/mol. The molecule has 106 valence electrons. The van der Waals surface area contributed by atoms with Crippen LogP contribution in [-0.2, 0) is 16.4 Å². The molecule has 1 aromatic heterocycles. The fourth-order valence-electron chi connectivity index (χ4n) is 2.54. The van der Waals surface area contributed by atoms with Gasteiger partial charge >= 0.3 is 7.12 Å². The van der Waals surface area contributed by atoms with Gasteiger partial charge in [-0.05, 0) is 51.7 Å². The van der Waals surface area contributed by atoms with Crippen molar-refractivity contribution in [3.63, 3.8) is 0 Å². The standard InChI is InChI=1S/C15H21BN2O2/c1-10-7-13-11(9-18(6)17-13)8-12(10)16-19-14(2,3)15(4,5)20-16/h7-9H,1-6H3. The maximum atomic E-state index is 6.14. The average Bonchev–Trinajstić information content (AvgIpc) is 2.74. The van der Waals surface area contributed by atoms with Crippen LogP contribution in [0.15, 0.2) is 18.3 Å². The molecule has 1 aromatic carbocycles. The third-order valence-electron chi connectivity index (χ3n) is 4.51. The van der Waals surface area contributed by atoms with Crippen LogP contribution < -0.4 is 5.46 Å². The van der Waals surface area contributed by atoms with Crippen LogP contribution in [-0.4, -0.2) is 28.1 Å². The second-order valence-electron chi connectivity index (χ2n) is 6.66. The number of hydrogen-bond donors (Lipinski definition) is 0. The molecule has 0 aliphatic carbocycles. The van der Waals surface area contributed by atoms with Gasteiger partial charge in [-0.2, -0.15) is 5.10 Å². The molecule has 1 aliphatic heterocycles. The number of fused-ring (bicyclic) bond motifs is 1. The molecule has 1 aliphatic rings. The van der Waals surface area contributed by atoms with Crippen LogP contribution in [0, 0.1) is 6.92 Å². The zero-order valence-corrected chi connectivity index (χ0v) is 13.0. The largest absolute Gasteiger partial charge is 0.495 e. The van der Waals surface area contributed by atoms with Gasteiger partial charge in [0.2, 0.25) is 0 Å². The number of hydrogen-bond acceptors (Lipinski definition) is 3. The van der Waals surface area contributed by atoms with Crippen molar-refractivity contribution in [2.45, 2.75) is 45.8 Å². The van der Waals surface area contributed by atoms with Crippen molar-refractivity contribution in [1.29, 1.82) is 0 Å². The van der Waals surface area contributed by atoms with E-state index < -0.39 is 0 Å². The Hall–Kier alpha value is -1.33. The number of aryl methyl sites for hydroxylation is 2. The summed E-state index contributed by atoms with van der Waals surface area (Å²) in [4.78, 5) is 0. The van der Waals surface area contributed by atoms with E-state index in [9.17, 15) is 0 Å². The van der Waals surface area contributed by atoms with Crippen LogP contribution in [0.3, 0.4) is 0 Å². The Labute approximate surface area is 120 Å². The van der Waals surface area contributed by atoms with E-state index in [1.165, 1.54) is 0 Å². The van der Waals surface area contributed by atoms with Gasteiger partial charge in [0.1, 0.15) is 0 Å². The molecule has 0 radical (unpaired) electrons. The lowest BCUT2D eigenvalue weighted by Gasteiger charge is -2.32. The van der Waals surface area contributed by atoms with Crippen LogP contribution in [0.5, 0.6) is 0 Å². The first-order valence-corrected chi connectivity index (χ1v) is 6.99. The molecule has 0 spiro atoms. The first-order valence-electron chi connectivity index (χ1n) is 6.99. The van der Waals surface area contributed by atoms with Gasteiger partial charge in [-0.25, -0.2) is 0 Å². The van der Waals surface area contributed by atoms with Gasteiger partial charge in [-0.15, -0.1) is 0 Å². The van der Waals surface area contributed by atoms with Crippen LogP contribution in [0.25, 0.3) is 10.9 Å². The molecule has 1 fully saturated rings. The molecule has 20 heavy (non-hydrogen) atoms. The summed E-state index contributed by atoms with van der Waals surface area (Å²) in [5.41, 5.74) is 2.62. The molecule has 0 N–H and O–H groups in total. The summed E-state index contributed by atoms with van der Waals surface area (Å²) in [7, 11) is 1.62. The highest BCUT2D eigenvalue weighted by Gasteiger charge is 2.52. The molecule has 1 saturated heterocycles. The molecule has 2 aromatic rings. The molecular formula is C15H21BN2O2. The molecule has 0 amide bonds. The molecule has 0 atom stereocenters. The smallest absolute Gasteiger partial charge is 0.399 e. The molecule has 2 heterocycles. The normalized spacial score (nSPS) is 20.8. The van der Waals surface area contributed by atoms with Gasteiger partial charge in [0.25, 0.3) is 0 Å². The summed E-state index contributed by atoms with van der Waals surface area (Å²) in [6.07, 6.45) is 2.02. The Morgan fingerprint density at radius 1 is 1.10 bits per heavy atom. The predicted molar refractivity (Wildman–Crippen MR) is 81.2 cm³/mol. The van der Waals surface area contributed by atoms with Crippen molar-refractivity contribution in [3.8, 4) is 0 Å². The Morgan fingerprint density at radius 3 is 2.30 bits per heavy atom. The third-order valence-corrected chi connectivity index (χ3v) is 4.51. The van der Waals surface area contributed by atoms with Crippen molar-refractivity contribution in [2.24, 2.45) is 7.05 Å². The minimum atomic E-state index is -0.315. The second-order valence-corrected chi connectivity index (χ2v) is 6.66. The topological polar surface area (TPSA) is 36.3 Å². The highest BCUT2D eigenvalue weighted by molar-refractivity contribution is 6.63. The Morgan fingerprint density at radius 2 is 1.70 bits per heavy atom.